The predicted octanol–water partition coefficient (Wildman–Crippen LogP) is 3.87. The Labute approximate surface area is 163 Å². The number of hydrogen-bond donors (Lipinski definition) is 1. The first-order valence-corrected chi connectivity index (χ1v) is 10.1. The molecule has 1 aliphatic rings. The fourth-order valence-corrected chi connectivity index (χ4v) is 4.43. The average Bonchev–Trinajstić information content (AvgIpc) is 3.03. The van der Waals surface area contributed by atoms with Crippen LogP contribution in [0.2, 0.25) is 0 Å². The van der Waals surface area contributed by atoms with Crippen molar-refractivity contribution in [1.29, 1.82) is 0 Å². The summed E-state index contributed by atoms with van der Waals surface area (Å²) in [6.07, 6.45) is 2.95. The van der Waals surface area contributed by atoms with Crippen LogP contribution in [0.4, 0.5) is 0 Å². The zero-order chi connectivity index (χ0) is 19.6. The van der Waals surface area contributed by atoms with E-state index in [0.29, 0.717) is 24.0 Å². The molecule has 27 heavy (non-hydrogen) atoms. The van der Waals surface area contributed by atoms with Crippen LogP contribution in [0.15, 0.2) is 35.4 Å². The molecule has 2 heterocycles. The summed E-state index contributed by atoms with van der Waals surface area (Å²) < 4.78 is 1.80. The summed E-state index contributed by atoms with van der Waals surface area (Å²) in [7, 11) is 0. The molecule has 0 saturated carbocycles. The summed E-state index contributed by atoms with van der Waals surface area (Å²) in [4.78, 5) is 27.2. The van der Waals surface area contributed by atoms with Crippen molar-refractivity contribution in [3.63, 3.8) is 0 Å². The molecule has 1 aliphatic heterocycles. The van der Waals surface area contributed by atoms with E-state index in [-0.39, 0.29) is 17.5 Å². The first kappa shape index (κ1) is 19.5. The summed E-state index contributed by atoms with van der Waals surface area (Å²) in [5, 5.41) is 13.9. The number of benzene rings is 1. The summed E-state index contributed by atoms with van der Waals surface area (Å²) in [6, 6.07) is 7.91. The standard InChI is InChI=1S/C20H25N3O3S/c1-13(2)27-18-7-5-4-6-16(18)19(24)22-10-8-15(9-11-22)23-14(3)17(12-21-23)20(25)26/h4-7,12-13,15H,8-11H2,1-3H3,(H,25,26). The van der Waals surface area contributed by atoms with Gasteiger partial charge in [0.05, 0.1) is 23.5 Å². The number of nitrogens with zero attached hydrogens (tertiary/aromatic N) is 3. The molecule has 6 nitrogen and oxygen atoms in total. The minimum absolute atomic E-state index is 0.0700. The first-order chi connectivity index (χ1) is 12.9. The van der Waals surface area contributed by atoms with Crippen LogP contribution in [0, 0.1) is 6.92 Å². The molecule has 1 N–H and O–H groups in total. The minimum Gasteiger partial charge on any atom is -0.478 e. The molecule has 0 atom stereocenters. The third-order valence-electron chi connectivity index (χ3n) is 4.85. The number of amides is 1. The van der Waals surface area contributed by atoms with Gasteiger partial charge in [-0.05, 0) is 31.9 Å². The van der Waals surface area contributed by atoms with Crippen LogP contribution >= 0.6 is 11.8 Å². The number of carboxylic acids is 1. The molecule has 2 aromatic rings. The van der Waals surface area contributed by atoms with Gasteiger partial charge in [-0.15, -0.1) is 11.8 Å². The van der Waals surface area contributed by atoms with E-state index in [0.717, 1.165) is 23.3 Å². The Kier molecular flexibility index (Phi) is 5.89. The van der Waals surface area contributed by atoms with Gasteiger partial charge in [-0.2, -0.15) is 5.10 Å². The number of rotatable bonds is 5. The Bertz CT molecular complexity index is 839. The lowest BCUT2D eigenvalue weighted by atomic mass is 10.0. The van der Waals surface area contributed by atoms with E-state index < -0.39 is 5.97 Å². The van der Waals surface area contributed by atoms with Crippen molar-refractivity contribution in [3.05, 3.63) is 47.3 Å². The molecule has 0 radical (unpaired) electrons. The maximum Gasteiger partial charge on any atom is 0.339 e. The van der Waals surface area contributed by atoms with Crippen molar-refractivity contribution in [2.24, 2.45) is 0 Å². The maximum atomic E-state index is 13.0. The number of thioether (sulfide) groups is 1. The third kappa shape index (κ3) is 4.18. The molecule has 1 amide bonds. The van der Waals surface area contributed by atoms with Crippen LogP contribution in [0.1, 0.15) is 59.1 Å². The Morgan fingerprint density at radius 1 is 1.19 bits per heavy atom. The lowest BCUT2D eigenvalue weighted by Gasteiger charge is -2.33. The van der Waals surface area contributed by atoms with E-state index in [1.165, 1.54) is 6.20 Å². The van der Waals surface area contributed by atoms with Crippen molar-refractivity contribution in [2.75, 3.05) is 13.1 Å². The number of aromatic carboxylic acids is 1. The van der Waals surface area contributed by atoms with Crippen LogP contribution in [0.25, 0.3) is 0 Å². The van der Waals surface area contributed by atoms with Crippen LogP contribution in [0.3, 0.4) is 0 Å². The van der Waals surface area contributed by atoms with E-state index in [1.54, 1.807) is 23.4 Å². The summed E-state index contributed by atoms with van der Waals surface area (Å²) in [5.41, 5.74) is 1.68. The molecule has 1 aromatic heterocycles. The second kappa shape index (κ2) is 8.17. The molecule has 7 heteroatoms. The van der Waals surface area contributed by atoms with Gasteiger partial charge < -0.3 is 10.0 Å². The van der Waals surface area contributed by atoms with Gasteiger partial charge in [0.25, 0.3) is 5.91 Å². The molecule has 0 spiro atoms. The van der Waals surface area contributed by atoms with Crippen LogP contribution in [0.5, 0.6) is 0 Å². The number of carboxylic acid groups (broad SMARTS) is 1. The van der Waals surface area contributed by atoms with E-state index >= 15 is 0 Å². The molecule has 1 fully saturated rings. The molecule has 3 rings (SSSR count). The Hall–Kier alpha value is -2.28. The van der Waals surface area contributed by atoms with Gasteiger partial charge in [-0.25, -0.2) is 4.79 Å². The van der Waals surface area contributed by atoms with E-state index in [2.05, 4.69) is 18.9 Å². The summed E-state index contributed by atoms with van der Waals surface area (Å²) in [6.45, 7) is 7.32. The van der Waals surface area contributed by atoms with Crippen molar-refractivity contribution < 1.29 is 14.7 Å². The zero-order valence-electron chi connectivity index (χ0n) is 15.9. The van der Waals surface area contributed by atoms with Gasteiger partial charge in [0.15, 0.2) is 0 Å². The first-order valence-electron chi connectivity index (χ1n) is 9.20. The van der Waals surface area contributed by atoms with Crippen molar-refractivity contribution in [2.45, 2.75) is 49.8 Å². The highest BCUT2D eigenvalue weighted by atomic mass is 32.2. The van der Waals surface area contributed by atoms with Crippen LogP contribution < -0.4 is 0 Å². The zero-order valence-corrected chi connectivity index (χ0v) is 16.7. The van der Waals surface area contributed by atoms with Crippen LogP contribution in [-0.4, -0.2) is 50.0 Å². The monoisotopic (exact) mass is 387 g/mol. The quantitative estimate of drug-likeness (QED) is 0.788. The second-order valence-electron chi connectivity index (χ2n) is 7.08. The van der Waals surface area contributed by atoms with Crippen LogP contribution in [-0.2, 0) is 0 Å². The Morgan fingerprint density at radius 2 is 1.85 bits per heavy atom. The number of carbonyl (C=O) groups excluding carboxylic acids is 1. The molecular formula is C20H25N3O3S. The molecule has 0 aliphatic carbocycles. The SMILES string of the molecule is Cc1c(C(=O)O)cnn1C1CCN(C(=O)c2ccccc2SC(C)C)CC1. The van der Waals surface area contributed by atoms with E-state index in [4.69, 9.17) is 0 Å². The van der Waals surface area contributed by atoms with Gasteiger partial charge in [0, 0.05) is 23.2 Å². The molecule has 0 unspecified atom stereocenters. The molecule has 144 valence electrons. The maximum absolute atomic E-state index is 13.0. The predicted molar refractivity (Wildman–Crippen MR) is 106 cm³/mol. The van der Waals surface area contributed by atoms with E-state index in [1.807, 2.05) is 29.2 Å². The molecule has 1 saturated heterocycles. The number of piperidine rings is 1. The number of hydrogen-bond acceptors (Lipinski definition) is 4. The fourth-order valence-electron chi connectivity index (χ4n) is 3.49. The largest absolute Gasteiger partial charge is 0.478 e. The van der Waals surface area contributed by atoms with Gasteiger partial charge in [-0.3, -0.25) is 9.48 Å². The number of likely N-dealkylation sites (tertiary alicyclic amines) is 1. The Morgan fingerprint density at radius 3 is 2.44 bits per heavy atom. The third-order valence-corrected chi connectivity index (χ3v) is 5.93. The second-order valence-corrected chi connectivity index (χ2v) is 8.70. The highest BCUT2D eigenvalue weighted by molar-refractivity contribution is 8.00. The van der Waals surface area contributed by atoms with E-state index in [9.17, 15) is 14.7 Å². The number of carbonyl (C=O) groups is 2. The highest BCUT2D eigenvalue weighted by Crippen LogP contribution is 2.30. The van der Waals surface area contributed by atoms with Gasteiger partial charge >= 0.3 is 5.97 Å². The van der Waals surface area contributed by atoms with Crippen molar-refractivity contribution >= 4 is 23.6 Å². The fraction of sp³-hybridized carbons (Fsp3) is 0.450. The highest BCUT2D eigenvalue weighted by Gasteiger charge is 2.28. The van der Waals surface area contributed by atoms with Crippen molar-refractivity contribution in [1.82, 2.24) is 14.7 Å². The average molecular weight is 388 g/mol. The Balaban J connectivity index is 1.69. The number of aromatic nitrogens is 2. The lowest BCUT2D eigenvalue weighted by Crippen LogP contribution is -2.39. The normalized spacial score (nSPS) is 15.3. The van der Waals surface area contributed by atoms with Gasteiger partial charge in [0.1, 0.15) is 5.56 Å². The smallest absolute Gasteiger partial charge is 0.339 e. The lowest BCUT2D eigenvalue weighted by molar-refractivity contribution is 0.0685. The van der Waals surface area contributed by atoms with Gasteiger partial charge in [0.2, 0.25) is 0 Å². The summed E-state index contributed by atoms with van der Waals surface area (Å²) >= 11 is 1.70. The summed E-state index contributed by atoms with van der Waals surface area (Å²) in [5.74, 6) is -0.883. The van der Waals surface area contributed by atoms with Gasteiger partial charge in [-0.1, -0.05) is 26.0 Å². The topological polar surface area (TPSA) is 75.4 Å². The minimum atomic E-state index is -0.953. The molecule has 0 bridgehead atoms. The molecule has 1 aromatic carbocycles. The molecular weight excluding hydrogens is 362 g/mol. The van der Waals surface area contributed by atoms with Crippen molar-refractivity contribution in [3.8, 4) is 0 Å².